The molecule has 0 atom stereocenters. The first-order valence-corrected chi connectivity index (χ1v) is 8.44. The van der Waals surface area contributed by atoms with Gasteiger partial charge in [0, 0.05) is 38.1 Å². The summed E-state index contributed by atoms with van der Waals surface area (Å²) in [5, 5.41) is 3.01. The van der Waals surface area contributed by atoms with Gasteiger partial charge in [-0.3, -0.25) is 0 Å². The Balaban J connectivity index is 1.81. The van der Waals surface area contributed by atoms with Gasteiger partial charge in [-0.25, -0.2) is 9.59 Å². The highest BCUT2D eigenvalue weighted by atomic mass is 16.6. The lowest BCUT2D eigenvalue weighted by molar-refractivity contribution is 0.0850. The molecule has 6 nitrogen and oxygen atoms in total. The Morgan fingerprint density at radius 3 is 2.25 bits per heavy atom. The van der Waals surface area contributed by atoms with Gasteiger partial charge in [-0.15, -0.1) is 0 Å². The van der Waals surface area contributed by atoms with Gasteiger partial charge in [-0.1, -0.05) is 44.2 Å². The average molecular weight is 333 g/mol. The molecule has 0 saturated carbocycles. The zero-order valence-electron chi connectivity index (χ0n) is 14.7. The predicted octanol–water partition coefficient (Wildman–Crippen LogP) is 2.45. The molecular formula is C18H27N3O3. The highest BCUT2D eigenvalue weighted by Gasteiger charge is 2.26. The van der Waals surface area contributed by atoms with Gasteiger partial charge in [0.25, 0.3) is 0 Å². The lowest BCUT2D eigenvalue weighted by Crippen LogP contribution is -2.54. The molecule has 0 radical (unpaired) electrons. The van der Waals surface area contributed by atoms with Crippen molar-refractivity contribution < 1.29 is 14.3 Å². The molecule has 0 unspecified atom stereocenters. The molecule has 2 rings (SSSR count). The molecule has 1 aromatic rings. The zero-order chi connectivity index (χ0) is 17.6. The minimum atomic E-state index is -0.303. The number of amides is 3. The largest absolute Gasteiger partial charge is 0.450 e. The van der Waals surface area contributed by atoms with E-state index in [1.165, 1.54) is 5.56 Å². The van der Waals surface area contributed by atoms with E-state index < -0.39 is 0 Å². The van der Waals surface area contributed by atoms with E-state index in [9.17, 15) is 9.59 Å². The second-order valence-corrected chi connectivity index (χ2v) is 6.58. The van der Waals surface area contributed by atoms with Crippen molar-refractivity contribution in [2.45, 2.75) is 26.2 Å². The molecule has 24 heavy (non-hydrogen) atoms. The molecule has 6 heteroatoms. The van der Waals surface area contributed by atoms with Crippen LogP contribution >= 0.6 is 0 Å². The summed E-state index contributed by atoms with van der Waals surface area (Å²) in [5.41, 5.74) is 1.06. The first-order chi connectivity index (χ1) is 11.4. The van der Waals surface area contributed by atoms with Crippen LogP contribution in [-0.4, -0.2) is 61.3 Å². The van der Waals surface area contributed by atoms with E-state index in [-0.39, 0.29) is 17.5 Å². The Bertz CT molecular complexity index is 552. The SMILES string of the molecule is CCOC(=O)N1CCN(C(=O)NCC(C)(C)c2ccccc2)CC1. The molecule has 1 aromatic carbocycles. The van der Waals surface area contributed by atoms with Crippen LogP contribution in [0.4, 0.5) is 9.59 Å². The highest BCUT2D eigenvalue weighted by molar-refractivity contribution is 5.75. The van der Waals surface area contributed by atoms with Gasteiger partial charge < -0.3 is 19.9 Å². The van der Waals surface area contributed by atoms with Crippen molar-refractivity contribution in [1.29, 1.82) is 0 Å². The maximum absolute atomic E-state index is 12.4. The van der Waals surface area contributed by atoms with Crippen LogP contribution in [-0.2, 0) is 10.2 Å². The Labute approximate surface area is 143 Å². The fraction of sp³-hybridized carbons (Fsp3) is 0.556. The molecule has 1 aliphatic heterocycles. The normalized spacial score (nSPS) is 15.1. The molecule has 1 fully saturated rings. The van der Waals surface area contributed by atoms with Crippen LogP contribution in [0.3, 0.4) is 0 Å². The number of nitrogens with zero attached hydrogens (tertiary/aromatic N) is 2. The van der Waals surface area contributed by atoms with Crippen LogP contribution in [0.5, 0.6) is 0 Å². The Kier molecular flexibility index (Phi) is 6.06. The van der Waals surface area contributed by atoms with E-state index in [1.54, 1.807) is 16.7 Å². The molecule has 3 amide bonds. The number of carbonyl (C=O) groups excluding carboxylic acids is 2. The fourth-order valence-corrected chi connectivity index (χ4v) is 2.71. The summed E-state index contributed by atoms with van der Waals surface area (Å²) in [6.07, 6.45) is -0.303. The van der Waals surface area contributed by atoms with Crippen LogP contribution in [0.15, 0.2) is 30.3 Å². The first-order valence-electron chi connectivity index (χ1n) is 8.44. The van der Waals surface area contributed by atoms with Crippen molar-refractivity contribution in [3.05, 3.63) is 35.9 Å². The summed E-state index contributed by atoms with van der Waals surface area (Å²) >= 11 is 0. The highest BCUT2D eigenvalue weighted by Crippen LogP contribution is 2.21. The number of nitrogens with one attached hydrogen (secondary N) is 1. The number of benzene rings is 1. The molecule has 0 aromatic heterocycles. The van der Waals surface area contributed by atoms with Crippen molar-refractivity contribution in [3.63, 3.8) is 0 Å². The lowest BCUT2D eigenvalue weighted by Gasteiger charge is -2.35. The number of hydrogen-bond donors (Lipinski definition) is 1. The molecular weight excluding hydrogens is 306 g/mol. The third-order valence-electron chi connectivity index (χ3n) is 4.33. The molecule has 1 N–H and O–H groups in total. The van der Waals surface area contributed by atoms with E-state index in [0.29, 0.717) is 39.3 Å². The van der Waals surface area contributed by atoms with Crippen LogP contribution < -0.4 is 5.32 Å². The van der Waals surface area contributed by atoms with Gasteiger partial charge in [0.1, 0.15) is 0 Å². The van der Waals surface area contributed by atoms with E-state index in [2.05, 4.69) is 31.3 Å². The predicted molar refractivity (Wildman–Crippen MR) is 93.0 cm³/mol. The molecule has 1 saturated heterocycles. The standard InChI is InChI=1S/C18H27N3O3/c1-4-24-17(23)21-12-10-20(11-13-21)16(22)19-14-18(2,3)15-8-6-5-7-9-15/h5-9H,4,10-14H2,1-3H3,(H,19,22). The molecule has 0 aliphatic carbocycles. The summed E-state index contributed by atoms with van der Waals surface area (Å²) in [5.74, 6) is 0. The number of urea groups is 1. The molecule has 0 bridgehead atoms. The Hall–Kier alpha value is -2.24. The van der Waals surface area contributed by atoms with E-state index in [1.807, 2.05) is 18.2 Å². The molecule has 0 spiro atoms. The maximum Gasteiger partial charge on any atom is 0.409 e. The van der Waals surface area contributed by atoms with Crippen LogP contribution in [0.1, 0.15) is 26.3 Å². The van der Waals surface area contributed by atoms with Crippen LogP contribution in [0.25, 0.3) is 0 Å². The minimum Gasteiger partial charge on any atom is -0.450 e. The Morgan fingerprint density at radius 1 is 1.08 bits per heavy atom. The average Bonchev–Trinajstić information content (AvgIpc) is 2.61. The lowest BCUT2D eigenvalue weighted by atomic mass is 9.85. The smallest absolute Gasteiger partial charge is 0.409 e. The van der Waals surface area contributed by atoms with Gasteiger partial charge in [-0.05, 0) is 12.5 Å². The van der Waals surface area contributed by atoms with Gasteiger partial charge in [-0.2, -0.15) is 0 Å². The van der Waals surface area contributed by atoms with Gasteiger partial charge in [0.15, 0.2) is 0 Å². The minimum absolute atomic E-state index is 0.0810. The van der Waals surface area contributed by atoms with Gasteiger partial charge >= 0.3 is 12.1 Å². The second kappa shape index (κ2) is 8.04. The van der Waals surface area contributed by atoms with Crippen molar-refractivity contribution in [1.82, 2.24) is 15.1 Å². The molecule has 1 heterocycles. The summed E-state index contributed by atoms with van der Waals surface area (Å²) < 4.78 is 4.99. The van der Waals surface area contributed by atoms with E-state index >= 15 is 0 Å². The molecule has 132 valence electrons. The summed E-state index contributed by atoms with van der Waals surface area (Å²) in [6, 6.07) is 10.1. The van der Waals surface area contributed by atoms with Crippen LogP contribution in [0, 0.1) is 0 Å². The third-order valence-corrected chi connectivity index (χ3v) is 4.33. The third kappa shape index (κ3) is 4.63. The topological polar surface area (TPSA) is 61.9 Å². The van der Waals surface area contributed by atoms with Gasteiger partial charge in [0.05, 0.1) is 6.61 Å². The van der Waals surface area contributed by atoms with E-state index in [4.69, 9.17) is 4.74 Å². The second-order valence-electron chi connectivity index (χ2n) is 6.58. The van der Waals surface area contributed by atoms with E-state index in [0.717, 1.165) is 0 Å². The number of rotatable bonds is 4. The number of ether oxygens (including phenoxy) is 1. The molecule has 1 aliphatic rings. The number of carbonyl (C=O) groups is 2. The van der Waals surface area contributed by atoms with Crippen LogP contribution in [0.2, 0.25) is 0 Å². The summed E-state index contributed by atoms with van der Waals surface area (Å²) in [7, 11) is 0. The van der Waals surface area contributed by atoms with Gasteiger partial charge in [0.2, 0.25) is 0 Å². The quantitative estimate of drug-likeness (QED) is 0.920. The maximum atomic E-state index is 12.4. The fourth-order valence-electron chi connectivity index (χ4n) is 2.71. The van der Waals surface area contributed by atoms with Crippen molar-refractivity contribution in [2.24, 2.45) is 0 Å². The Morgan fingerprint density at radius 2 is 1.67 bits per heavy atom. The monoisotopic (exact) mass is 333 g/mol. The zero-order valence-corrected chi connectivity index (χ0v) is 14.7. The number of hydrogen-bond acceptors (Lipinski definition) is 3. The van der Waals surface area contributed by atoms with Crippen molar-refractivity contribution in [3.8, 4) is 0 Å². The van der Waals surface area contributed by atoms with Crippen molar-refractivity contribution in [2.75, 3.05) is 39.3 Å². The number of piperazine rings is 1. The summed E-state index contributed by atoms with van der Waals surface area (Å²) in [6.45, 7) is 9.01. The summed E-state index contributed by atoms with van der Waals surface area (Å²) in [4.78, 5) is 27.4. The first kappa shape index (κ1) is 18.1. The van der Waals surface area contributed by atoms with Crippen molar-refractivity contribution >= 4 is 12.1 Å².